The van der Waals surface area contributed by atoms with Gasteiger partial charge in [-0.15, -0.1) is 23.1 Å². The Labute approximate surface area is 351 Å². The number of rotatable bonds is 16. The number of benzene rings is 5. The molecule has 3 unspecified atom stereocenters. The molecule has 6 aromatic rings. The van der Waals surface area contributed by atoms with E-state index in [1.54, 1.807) is 0 Å². The Kier molecular flexibility index (Phi) is 12.2. The highest BCUT2D eigenvalue weighted by Gasteiger charge is 2.44. The van der Waals surface area contributed by atoms with Gasteiger partial charge in [-0.05, 0) is 135 Å². The number of hydrogen-bond acceptors (Lipinski definition) is 2. The van der Waals surface area contributed by atoms with Gasteiger partial charge in [0.1, 0.15) is 0 Å². The lowest BCUT2D eigenvalue weighted by Crippen LogP contribution is -2.37. The molecule has 0 saturated heterocycles. The zero-order valence-corrected chi connectivity index (χ0v) is 37.3. The van der Waals surface area contributed by atoms with Gasteiger partial charge in [0.15, 0.2) is 0 Å². The van der Waals surface area contributed by atoms with Crippen LogP contribution in [0.1, 0.15) is 122 Å². The zero-order valence-electron chi connectivity index (χ0n) is 35.7. The maximum atomic E-state index is 2.57. The summed E-state index contributed by atoms with van der Waals surface area (Å²) < 4.78 is 1.43. The summed E-state index contributed by atoms with van der Waals surface area (Å²) in [6, 6.07) is 37.9. The first kappa shape index (κ1) is 40.2. The minimum Gasteiger partial charge on any atom is -0.138 e. The summed E-state index contributed by atoms with van der Waals surface area (Å²) in [6.45, 7) is 16.7. The smallest absolute Gasteiger partial charge is 0.0479 e. The molecule has 4 atom stereocenters. The zero-order chi connectivity index (χ0) is 39.7. The second kappa shape index (κ2) is 17.3. The largest absolute Gasteiger partial charge is 0.138 e. The van der Waals surface area contributed by atoms with E-state index in [9.17, 15) is 0 Å². The Hall–Kier alpha value is -3.59. The number of thiophene rings is 1. The number of hydrogen-bond donors (Lipinski definition) is 0. The number of fused-ring (bicyclic) bond motifs is 7. The van der Waals surface area contributed by atoms with Gasteiger partial charge in [0, 0.05) is 30.5 Å². The Morgan fingerprint density at radius 3 is 1.70 bits per heavy atom. The third kappa shape index (κ3) is 9.19. The summed E-state index contributed by atoms with van der Waals surface area (Å²) in [5, 5.41) is 6.83. The number of thioether (sulfide) groups is 1. The van der Waals surface area contributed by atoms with Crippen molar-refractivity contribution in [3.05, 3.63) is 124 Å². The Morgan fingerprint density at radius 2 is 1.11 bits per heavy atom. The lowest BCUT2D eigenvalue weighted by molar-refractivity contribution is 0.437. The van der Waals surface area contributed by atoms with Crippen LogP contribution >= 0.6 is 23.1 Å². The molecule has 57 heavy (non-hydrogen) atoms. The maximum Gasteiger partial charge on any atom is 0.0479 e. The molecule has 0 N–H and O–H groups in total. The van der Waals surface area contributed by atoms with Crippen LogP contribution in [0.25, 0.3) is 55.3 Å². The molecule has 2 heteroatoms. The molecule has 0 amide bonds. The normalized spacial score (nSPS) is 18.4. The summed E-state index contributed by atoms with van der Waals surface area (Å²) in [5.74, 6) is 3.62. The fraction of sp³-hybridized carbons (Fsp3) is 0.418. The van der Waals surface area contributed by atoms with Gasteiger partial charge in [0.25, 0.3) is 0 Å². The lowest BCUT2D eigenvalue weighted by Gasteiger charge is -2.28. The Bertz CT molecular complexity index is 2440. The summed E-state index contributed by atoms with van der Waals surface area (Å²) in [7, 11) is 0. The van der Waals surface area contributed by atoms with Gasteiger partial charge in [-0.25, -0.2) is 0 Å². The minimum absolute atomic E-state index is 0.0213. The predicted molar refractivity (Wildman–Crippen MR) is 254 cm³/mol. The molecule has 2 aliphatic rings. The first-order valence-electron chi connectivity index (χ1n) is 22.2. The molecule has 8 rings (SSSR count). The number of aryl methyl sites for hydroxylation is 2. The Morgan fingerprint density at radius 1 is 0.544 bits per heavy atom. The van der Waals surface area contributed by atoms with Crippen LogP contribution in [0.5, 0.6) is 0 Å². The fourth-order valence-corrected chi connectivity index (χ4v) is 12.5. The van der Waals surface area contributed by atoms with Crippen LogP contribution in [0.4, 0.5) is 0 Å². The molecule has 1 aromatic heterocycles. The highest BCUT2D eigenvalue weighted by Crippen LogP contribution is 2.60. The predicted octanol–water partition coefficient (Wildman–Crippen LogP) is 15.4. The molecule has 1 aliphatic carbocycles. The highest BCUT2D eigenvalue weighted by molar-refractivity contribution is 8.01. The standard InChI is InChI=1S/C55H64S2/c1-36(2)10-8-12-38(5)14-16-40-18-22-42(23-19-40)44-26-28-46-32-50-52(34-48(46)30-44)56-54-51-33-47-29-27-45(31-49(47)35-55(51,7)57-53(50)54)43-24-20-41(21-25-43)17-15-39(6)13-9-11-37(3)4/h18-39,51H,8-17H2,1-7H3/t38?,39?,51?,55-/m0/s1. The van der Waals surface area contributed by atoms with Crippen molar-refractivity contribution < 1.29 is 0 Å². The molecule has 0 bridgehead atoms. The molecule has 0 radical (unpaired) electrons. The Balaban J connectivity index is 0.956. The topological polar surface area (TPSA) is 0 Å². The summed E-state index contributed by atoms with van der Waals surface area (Å²) >= 11 is 4.10. The quantitative estimate of drug-likeness (QED) is 0.0941. The van der Waals surface area contributed by atoms with Crippen LogP contribution in [0, 0.1) is 23.7 Å². The van der Waals surface area contributed by atoms with Crippen molar-refractivity contribution in [3.63, 3.8) is 0 Å². The van der Waals surface area contributed by atoms with Crippen molar-refractivity contribution in [2.24, 2.45) is 23.7 Å². The molecule has 296 valence electrons. The SMILES string of the molecule is CC(C)CCCC(C)CCc1ccc(-c2ccc3c(c2)=C[C@]2(C)Sc4c(sc5cc6cc(-c7ccc(CCC(C)CCCC(C)C)cc7)ccc6cc45)C2C=3)cc1. The first-order valence-corrected chi connectivity index (χ1v) is 23.9. The van der Waals surface area contributed by atoms with E-state index in [0.717, 1.165) is 23.7 Å². The molecule has 0 spiro atoms. The average molecular weight is 789 g/mol. The van der Waals surface area contributed by atoms with E-state index >= 15 is 0 Å². The van der Waals surface area contributed by atoms with Crippen molar-refractivity contribution >= 4 is 56.1 Å². The lowest BCUT2D eigenvalue weighted by atomic mass is 9.85. The van der Waals surface area contributed by atoms with Gasteiger partial charge in [0.05, 0.1) is 0 Å². The summed E-state index contributed by atoms with van der Waals surface area (Å²) in [4.78, 5) is 3.03. The third-order valence-electron chi connectivity index (χ3n) is 13.1. The van der Waals surface area contributed by atoms with Gasteiger partial charge in [0.2, 0.25) is 0 Å². The van der Waals surface area contributed by atoms with E-state index < -0.39 is 0 Å². The van der Waals surface area contributed by atoms with E-state index in [1.165, 1.54) is 139 Å². The second-order valence-electron chi connectivity index (χ2n) is 19.0. The molecule has 0 nitrogen and oxygen atoms in total. The van der Waals surface area contributed by atoms with Crippen LogP contribution < -0.4 is 10.4 Å². The van der Waals surface area contributed by atoms with Crippen LogP contribution in [-0.4, -0.2) is 4.75 Å². The van der Waals surface area contributed by atoms with E-state index in [2.05, 4.69) is 169 Å². The van der Waals surface area contributed by atoms with E-state index in [0.29, 0.717) is 5.92 Å². The molecule has 5 aromatic carbocycles. The summed E-state index contributed by atoms with van der Waals surface area (Å²) in [6.07, 6.45) is 18.2. The van der Waals surface area contributed by atoms with E-state index in [-0.39, 0.29) is 4.75 Å². The highest BCUT2D eigenvalue weighted by atomic mass is 32.2. The van der Waals surface area contributed by atoms with Gasteiger partial charge in [-0.1, -0.05) is 165 Å². The molecule has 0 fully saturated rings. The molecular formula is C55H64S2. The van der Waals surface area contributed by atoms with Crippen molar-refractivity contribution in [2.45, 2.75) is 128 Å². The minimum atomic E-state index is 0.0213. The van der Waals surface area contributed by atoms with Crippen molar-refractivity contribution in [3.8, 4) is 22.3 Å². The van der Waals surface area contributed by atoms with Crippen LogP contribution in [0.15, 0.2) is 102 Å². The average Bonchev–Trinajstić information content (AvgIpc) is 3.67. The van der Waals surface area contributed by atoms with Crippen LogP contribution in [0.2, 0.25) is 0 Å². The second-order valence-corrected chi connectivity index (χ2v) is 21.5. The van der Waals surface area contributed by atoms with Gasteiger partial charge >= 0.3 is 0 Å². The van der Waals surface area contributed by atoms with E-state index in [1.807, 2.05) is 11.3 Å². The van der Waals surface area contributed by atoms with Crippen LogP contribution in [-0.2, 0) is 12.8 Å². The third-order valence-corrected chi connectivity index (χ3v) is 15.9. The van der Waals surface area contributed by atoms with Crippen molar-refractivity contribution in [1.29, 1.82) is 0 Å². The fourth-order valence-electron chi connectivity index (χ4n) is 9.34. The van der Waals surface area contributed by atoms with Gasteiger partial charge in [-0.2, -0.15) is 0 Å². The van der Waals surface area contributed by atoms with Crippen molar-refractivity contribution in [2.75, 3.05) is 0 Å². The van der Waals surface area contributed by atoms with Crippen molar-refractivity contribution in [1.82, 2.24) is 0 Å². The summed E-state index contributed by atoms with van der Waals surface area (Å²) in [5.41, 5.74) is 8.17. The maximum absolute atomic E-state index is 2.57. The van der Waals surface area contributed by atoms with E-state index in [4.69, 9.17) is 0 Å². The molecule has 1 aliphatic heterocycles. The molecule has 2 heterocycles. The van der Waals surface area contributed by atoms with Crippen LogP contribution in [0.3, 0.4) is 0 Å². The molecule has 0 saturated carbocycles. The van der Waals surface area contributed by atoms with Gasteiger partial charge in [-0.3, -0.25) is 0 Å². The monoisotopic (exact) mass is 788 g/mol. The first-order chi connectivity index (χ1) is 27.5. The molecular weight excluding hydrogens is 725 g/mol. The van der Waals surface area contributed by atoms with Gasteiger partial charge < -0.3 is 0 Å².